The smallest absolute Gasteiger partial charge is 0.241 e. The van der Waals surface area contributed by atoms with Gasteiger partial charge in [0.1, 0.15) is 0 Å². The SMILES string of the molecule is CC1(CN)CCN(Cc2nc(-c3ccccc3)no2)C1.Cl. The summed E-state index contributed by atoms with van der Waals surface area (Å²) >= 11 is 0. The van der Waals surface area contributed by atoms with Gasteiger partial charge in [0.25, 0.3) is 0 Å². The molecule has 1 aliphatic rings. The fraction of sp³-hybridized carbons (Fsp3) is 0.467. The van der Waals surface area contributed by atoms with Crippen LogP contribution in [0.3, 0.4) is 0 Å². The highest BCUT2D eigenvalue weighted by Gasteiger charge is 2.33. The van der Waals surface area contributed by atoms with Gasteiger partial charge in [-0.15, -0.1) is 12.4 Å². The third kappa shape index (κ3) is 3.61. The van der Waals surface area contributed by atoms with Crippen LogP contribution in [0.2, 0.25) is 0 Å². The van der Waals surface area contributed by atoms with E-state index in [1.165, 1.54) is 0 Å². The molecule has 1 atom stereocenters. The van der Waals surface area contributed by atoms with Crippen molar-refractivity contribution in [2.24, 2.45) is 11.1 Å². The Hall–Kier alpha value is -1.43. The lowest BCUT2D eigenvalue weighted by molar-refractivity contribution is 0.239. The Labute approximate surface area is 130 Å². The quantitative estimate of drug-likeness (QED) is 0.939. The first kappa shape index (κ1) is 15.9. The zero-order valence-corrected chi connectivity index (χ0v) is 13.0. The molecule has 5 nitrogen and oxygen atoms in total. The van der Waals surface area contributed by atoms with Gasteiger partial charge in [-0.3, -0.25) is 4.90 Å². The van der Waals surface area contributed by atoms with Crippen molar-refractivity contribution in [3.8, 4) is 11.4 Å². The topological polar surface area (TPSA) is 68.2 Å². The van der Waals surface area contributed by atoms with Crippen molar-refractivity contribution in [3.63, 3.8) is 0 Å². The Kier molecular flexibility index (Phi) is 4.98. The number of rotatable bonds is 4. The second-order valence-electron chi connectivity index (χ2n) is 5.85. The van der Waals surface area contributed by atoms with Gasteiger partial charge in [-0.2, -0.15) is 4.98 Å². The maximum Gasteiger partial charge on any atom is 0.241 e. The first-order valence-corrected chi connectivity index (χ1v) is 6.99. The van der Waals surface area contributed by atoms with Gasteiger partial charge in [0.05, 0.1) is 6.54 Å². The molecular formula is C15H21ClN4O. The average molecular weight is 309 g/mol. The highest BCUT2D eigenvalue weighted by molar-refractivity contribution is 5.85. The maximum absolute atomic E-state index is 5.83. The second kappa shape index (κ2) is 6.56. The van der Waals surface area contributed by atoms with Gasteiger partial charge in [-0.1, -0.05) is 42.4 Å². The van der Waals surface area contributed by atoms with Crippen molar-refractivity contribution in [1.29, 1.82) is 0 Å². The molecule has 2 heterocycles. The summed E-state index contributed by atoms with van der Waals surface area (Å²) in [6.07, 6.45) is 1.13. The predicted molar refractivity (Wildman–Crippen MR) is 84.0 cm³/mol. The number of nitrogens with two attached hydrogens (primary N) is 1. The molecule has 1 fully saturated rings. The molecule has 2 aromatic rings. The lowest BCUT2D eigenvalue weighted by Crippen LogP contribution is -2.31. The molecule has 0 amide bonds. The molecule has 0 bridgehead atoms. The molecule has 1 aromatic heterocycles. The van der Waals surface area contributed by atoms with Gasteiger partial charge in [0.15, 0.2) is 0 Å². The van der Waals surface area contributed by atoms with Crippen molar-refractivity contribution in [1.82, 2.24) is 15.0 Å². The van der Waals surface area contributed by atoms with E-state index in [1.807, 2.05) is 30.3 Å². The van der Waals surface area contributed by atoms with Crippen LogP contribution < -0.4 is 5.73 Å². The summed E-state index contributed by atoms with van der Waals surface area (Å²) in [7, 11) is 0. The van der Waals surface area contributed by atoms with E-state index in [2.05, 4.69) is 22.0 Å². The van der Waals surface area contributed by atoms with Crippen molar-refractivity contribution in [2.45, 2.75) is 19.9 Å². The fourth-order valence-electron chi connectivity index (χ4n) is 2.64. The molecule has 0 spiro atoms. The number of hydrogen-bond donors (Lipinski definition) is 1. The van der Waals surface area contributed by atoms with Crippen LogP contribution in [0.15, 0.2) is 34.9 Å². The Morgan fingerprint density at radius 2 is 2.10 bits per heavy atom. The lowest BCUT2D eigenvalue weighted by atomic mass is 9.90. The van der Waals surface area contributed by atoms with Crippen LogP contribution in [0.5, 0.6) is 0 Å². The third-order valence-electron chi connectivity index (χ3n) is 3.99. The number of likely N-dealkylation sites (tertiary alicyclic amines) is 1. The largest absolute Gasteiger partial charge is 0.338 e. The molecular weight excluding hydrogens is 288 g/mol. The number of halogens is 1. The average Bonchev–Trinajstić information content (AvgIpc) is 3.08. The first-order valence-electron chi connectivity index (χ1n) is 6.99. The van der Waals surface area contributed by atoms with Gasteiger partial charge < -0.3 is 10.3 Å². The van der Waals surface area contributed by atoms with Crippen molar-refractivity contribution < 1.29 is 4.52 Å². The van der Waals surface area contributed by atoms with Crippen molar-refractivity contribution >= 4 is 12.4 Å². The van der Waals surface area contributed by atoms with Crippen LogP contribution in [0.4, 0.5) is 0 Å². The maximum atomic E-state index is 5.83. The van der Waals surface area contributed by atoms with Crippen molar-refractivity contribution in [3.05, 3.63) is 36.2 Å². The molecule has 0 saturated carbocycles. The minimum Gasteiger partial charge on any atom is -0.338 e. The highest BCUT2D eigenvalue weighted by Crippen LogP contribution is 2.29. The van der Waals surface area contributed by atoms with E-state index >= 15 is 0 Å². The van der Waals surface area contributed by atoms with E-state index in [-0.39, 0.29) is 17.8 Å². The minimum absolute atomic E-state index is 0. The van der Waals surface area contributed by atoms with E-state index < -0.39 is 0 Å². The number of nitrogens with zero attached hydrogens (tertiary/aromatic N) is 3. The molecule has 3 rings (SSSR count). The number of benzene rings is 1. The van der Waals surface area contributed by atoms with Gasteiger partial charge in [-0.25, -0.2) is 0 Å². The van der Waals surface area contributed by atoms with E-state index in [0.717, 1.165) is 31.6 Å². The van der Waals surface area contributed by atoms with Crippen LogP contribution in [0.1, 0.15) is 19.2 Å². The molecule has 2 N–H and O–H groups in total. The Morgan fingerprint density at radius 1 is 1.33 bits per heavy atom. The minimum atomic E-state index is 0. The van der Waals surface area contributed by atoms with Crippen LogP contribution in [-0.2, 0) is 6.54 Å². The van der Waals surface area contributed by atoms with Crippen LogP contribution in [0.25, 0.3) is 11.4 Å². The zero-order valence-electron chi connectivity index (χ0n) is 12.2. The van der Waals surface area contributed by atoms with Crippen LogP contribution >= 0.6 is 12.4 Å². The summed E-state index contributed by atoms with van der Waals surface area (Å²) in [5, 5.41) is 4.05. The molecule has 21 heavy (non-hydrogen) atoms. The van der Waals surface area contributed by atoms with Crippen LogP contribution in [0, 0.1) is 5.41 Å². The lowest BCUT2D eigenvalue weighted by Gasteiger charge is -2.21. The third-order valence-corrected chi connectivity index (χ3v) is 3.99. The Morgan fingerprint density at radius 3 is 2.76 bits per heavy atom. The normalized spacial score (nSPS) is 22.2. The van der Waals surface area contributed by atoms with E-state index in [0.29, 0.717) is 18.3 Å². The van der Waals surface area contributed by atoms with E-state index in [4.69, 9.17) is 10.3 Å². The molecule has 0 radical (unpaired) electrons. The monoisotopic (exact) mass is 308 g/mol. The van der Waals surface area contributed by atoms with Gasteiger partial charge >= 0.3 is 0 Å². The van der Waals surface area contributed by atoms with Crippen molar-refractivity contribution in [2.75, 3.05) is 19.6 Å². The summed E-state index contributed by atoms with van der Waals surface area (Å²) in [4.78, 5) is 6.80. The Balaban J connectivity index is 0.00000161. The molecule has 1 aromatic carbocycles. The first-order chi connectivity index (χ1) is 9.68. The standard InChI is InChI=1S/C15H20N4O.ClH/c1-15(10-16)7-8-19(11-15)9-13-17-14(18-20-13)12-5-3-2-4-6-12;/h2-6H,7-11,16H2,1H3;1H. The summed E-state index contributed by atoms with van der Waals surface area (Å²) in [6.45, 7) is 5.69. The summed E-state index contributed by atoms with van der Waals surface area (Å²) in [6, 6.07) is 9.88. The van der Waals surface area contributed by atoms with Gasteiger partial charge in [-0.05, 0) is 24.9 Å². The van der Waals surface area contributed by atoms with Crippen LogP contribution in [-0.4, -0.2) is 34.7 Å². The molecule has 1 aliphatic heterocycles. The highest BCUT2D eigenvalue weighted by atomic mass is 35.5. The number of aromatic nitrogens is 2. The van der Waals surface area contributed by atoms with E-state index in [1.54, 1.807) is 0 Å². The number of hydrogen-bond acceptors (Lipinski definition) is 5. The van der Waals surface area contributed by atoms with E-state index in [9.17, 15) is 0 Å². The molecule has 6 heteroatoms. The molecule has 114 valence electrons. The molecule has 1 unspecified atom stereocenters. The summed E-state index contributed by atoms with van der Waals surface area (Å²) in [5.41, 5.74) is 7.03. The van der Waals surface area contributed by atoms with Gasteiger partial charge in [0, 0.05) is 12.1 Å². The molecule has 1 saturated heterocycles. The van der Waals surface area contributed by atoms with Gasteiger partial charge in [0.2, 0.25) is 11.7 Å². The summed E-state index contributed by atoms with van der Waals surface area (Å²) in [5.74, 6) is 1.33. The zero-order chi connectivity index (χ0) is 14.0. The Bertz CT molecular complexity index is 574. The fourth-order valence-corrected chi connectivity index (χ4v) is 2.64. The second-order valence-corrected chi connectivity index (χ2v) is 5.85. The molecule has 0 aliphatic carbocycles. The predicted octanol–water partition coefficient (Wildman–Crippen LogP) is 2.33. The summed E-state index contributed by atoms with van der Waals surface area (Å²) < 4.78 is 5.35.